The van der Waals surface area contributed by atoms with E-state index in [1.807, 2.05) is 0 Å². The third-order valence-corrected chi connectivity index (χ3v) is 29.1. The van der Waals surface area contributed by atoms with Crippen molar-refractivity contribution in [1.82, 2.24) is 18.3 Å². The van der Waals surface area contributed by atoms with E-state index >= 15 is 0 Å². The van der Waals surface area contributed by atoms with Crippen LogP contribution >= 0.6 is 0 Å². The summed E-state index contributed by atoms with van der Waals surface area (Å²) in [5.41, 5.74) is 38.2. The number of rotatable bonds is 12. The Bertz CT molecular complexity index is 9110. The number of fused-ring (bicyclic) bond motifs is 20. The molecule has 2 aliphatic carbocycles. The van der Waals surface area contributed by atoms with Crippen LogP contribution in [-0.2, 0) is 10.8 Å². The van der Waals surface area contributed by atoms with Gasteiger partial charge in [-0.25, -0.2) is 0 Å². The van der Waals surface area contributed by atoms with E-state index < -0.39 is 10.8 Å². The maximum absolute atomic E-state index is 2.53. The van der Waals surface area contributed by atoms with Gasteiger partial charge in [-0.15, -0.1) is 0 Å². The van der Waals surface area contributed by atoms with Gasteiger partial charge in [-0.3, -0.25) is 0 Å². The van der Waals surface area contributed by atoms with Crippen LogP contribution in [0.3, 0.4) is 0 Å². The van der Waals surface area contributed by atoms with Gasteiger partial charge in [-0.2, -0.15) is 0 Å². The molecule has 0 fully saturated rings. The molecular formula is C130H84N4. The fourth-order valence-corrected chi connectivity index (χ4v) is 23.2. The zero-order valence-electron chi connectivity index (χ0n) is 73.3. The predicted octanol–water partition coefficient (Wildman–Crippen LogP) is 33.5. The zero-order chi connectivity index (χ0) is 88.1. The second-order valence-electron chi connectivity index (χ2n) is 36.1. The Kier molecular flexibility index (Phi) is 17.5. The molecule has 0 amide bonds. The van der Waals surface area contributed by atoms with Crippen molar-refractivity contribution in [3.05, 3.63) is 554 Å². The molecule has 4 nitrogen and oxygen atoms in total. The first-order chi connectivity index (χ1) is 66.4. The van der Waals surface area contributed by atoms with E-state index in [2.05, 4.69) is 528 Å². The lowest BCUT2D eigenvalue weighted by atomic mass is 9.67. The van der Waals surface area contributed by atoms with Gasteiger partial charge in [0.05, 0.1) is 55.0 Å². The monoisotopic (exact) mass is 1700 g/mol. The number of hydrogen-bond acceptors (Lipinski definition) is 0. The standard InChI is InChI=1S/2C65H42N2/c1-4-16-43(17-5-1)45-28-33-51(34-29-45)66-63-37-32-48(47-31-36-62-56(39-47)54-25-13-15-27-61(54)67(62)52-35-30-44-18-10-11-19-46(44)38-52)40-57(63)58-41-60-55(42-64(58)66)53-24-12-14-26-59(53)65(60,49-20-6-2-7-21-49)50-22-8-3-9-23-50;1-4-16-43(17-5-1)45-28-33-51(34-29-45)66-63-37-32-48(47-31-36-62-56(39-47)54-25-13-15-27-61(54)67(62)52-35-30-44-18-10-11-19-46(44)38-52)40-57(63)58-41-55-53-24-12-14-26-59(53)65(60(55)42-64(58)66,49-20-6-2-7-21-49)50-22-8-3-9-23-50/h2*1-42H. The Morgan fingerprint density at radius 2 is 0.396 bits per heavy atom. The quantitative estimate of drug-likeness (QED) is 0.116. The lowest BCUT2D eigenvalue weighted by Gasteiger charge is -2.34. The fourth-order valence-electron chi connectivity index (χ4n) is 23.2. The van der Waals surface area contributed by atoms with E-state index in [0.717, 1.165) is 11.4 Å². The van der Waals surface area contributed by atoms with Gasteiger partial charge in [0.2, 0.25) is 0 Å². The van der Waals surface area contributed by atoms with Crippen molar-refractivity contribution >= 4 is 109 Å². The Hall–Kier alpha value is -17.4. The largest absolute Gasteiger partial charge is 0.309 e. The van der Waals surface area contributed by atoms with Gasteiger partial charge in [-0.1, -0.05) is 376 Å². The van der Waals surface area contributed by atoms with Crippen molar-refractivity contribution in [3.63, 3.8) is 0 Å². The van der Waals surface area contributed by atoms with E-state index in [-0.39, 0.29) is 0 Å². The highest BCUT2D eigenvalue weighted by molar-refractivity contribution is 6.17. The maximum Gasteiger partial charge on any atom is 0.0714 e. The molecule has 22 aromatic carbocycles. The molecule has 0 aliphatic heterocycles. The minimum absolute atomic E-state index is 0.504. The molecule has 624 valence electrons. The topological polar surface area (TPSA) is 19.7 Å². The Labute approximate surface area is 776 Å². The molecule has 4 heterocycles. The maximum atomic E-state index is 2.53. The zero-order valence-corrected chi connectivity index (χ0v) is 73.3. The minimum Gasteiger partial charge on any atom is -0.309 e. The summed E-state index contributed by atoms with van der Waals surface area (Å²) in [5.74, 6) is 0. The summed E-state index contributed by atoms with van der Waals surface area (Å²) in [6, 6.07) is 189. The molecule has 0 spiro atoms. The van der Waals surface area contributed by atoms with Crippen LogP contribution in [0.1, 0.15) is 44.5 Å². The molecule has 134 heavy (non-hydrogen) atoms. The number of para-hydroxylation sites is 2. The van der Waals surface area contributed by atoms with Crippen molar-refractivity contribution in [2.45, 2.75) is 10.8 Å². The summed E-state index contributed by atoms with van der Waals surface area (Å²) < 4.78 is 9.82. The smallest absolute Gasteiger partial charge is 0.0714 e. The highest BCUT2D eigenvalue weighted by Crippen LogP contribution is 2.60. The third kappa shape index (κ3) is 11.8. The van der Waals surface area contributed by atoms with Gasteiger partial charge in [0.15, 0.2) is 0 Å². The predicted molar refractivity (Wildman–Crippen MR) is 562 cm³/mol. The van der Waals surface area contributed by atoms with E-state index in [1.165, 1.54) is 231 Å². The summed E-state index contributed by atoms with van der Waals surface area (Å²) in [7, 11) is 0. The van der Waals surface area contributed by atoms with Gasteiger partial charge in [0, 0.05) is 65.8 Å². The molecule has 28 rings (SSSR count). The molecule has 26 aromatic rings. The average Bonchev–Trinajstić information content (AvgIpc) is 1.53. The van der Waals surface area contributed by atoms with Crippen molar-refractivity contribution in [1.29, 1.82) is 0 Å². The van der Waals surface area contributed by atoms with Crippen LogP contribution in [0.25, 0.3) is 198 Å². The highest BCUT2D eigenvalue weighted by atomic mass is 15.0. The van der Waals surface area contributed by atoms with Crippen LogP contribution in [0.5, 0.6) is 0 Å². The van der Waals surface area contributed by atoms with Crippen LogP contribution in [0.2, 0.25) is 0 Å². The van der Waals surface area contributed by atoms with E-state index in [0.29, 0.717) is 0 Å². The van der Waals surface area contributed by atoms with Crippen LogP contribution in [0, 0.1) is 0 Å². The van der Waals surface area contributed by atoms with E-state index in [1.54, 1.807) is 0 Å². The van der Waals surface area contributed by atoms with Gasteiger partial charge < -0.3 is 18.3 Å². The van der Waals surface area contributed by atoms with Gasteiger partial charge in [-0.05, 0) is 266 Å². The molecule has 0 atom stereocenters. The average molecular weight is 1700 g/mol. The molecule has 0 bridgehead atoms. The first-order valence-corrected chi connectivity index (χ1v) is 46.5. The number of aromatic nitrogens is 4. The number of benzene rings is 22. The highest BCUT2D eigenvalue weighted by Gasteiger charge is 2.48. The van der Waals surface area contributed by atoms with Crippen molar-refractivity contribution < 1.29 is 0 Å². The van der Waals surface area contributed by atoms with Crippen LogP contribution in [0.4, 0.5) is 0 Å². The van der Waals surface area contributed by atoms with Crippen LogP contribution in [-0.4, -0.2) is 18.3 Å². The molecule has 0 unspecified atom stereocenters. The molecule has 0 radical (unpaired) electrons. The summed E-state index contributed by atoms with van der Waals surface area (Å²) in [6.07, 6.45) is 0. The lowest BCUT2D eigenvalue weighted by Crippen LogP contribution is -2.28. The van der Waals surface area contributed by atoms with Crippen molar-refractivity contribution in [3.8, 4) is 89.5 Å². The van der Waals surface area contributed by atoms with Gasteiger partial charge in [0.1, 0.15) is 0 Å². The first kappa shape index (κ1) is 76.6. The van der Waals surface area contributed by atoms with Crippen LogP contribution < -0.4 is 0 Å². The van der Waals surface area contributed by atoms with E-state index in [9.17, 15) is 0 Å². The third-order valence-electron chi connectivity index (χ3n) is 29.1. The fraction of sp³-hybridized carbons (Fsp3) is 0.0154. The lowest BCUT2D eigenvalue weighted by molar-refractivity contribution is 0.769. The summed E-state index contributed by atoms with van der Waals surface area (Å²) in [6.45, 7) is 0. The molecule has 2 aliphatic rings. The Balaban J connectivity index is 0.000000136. The normalized spacial score (nSPS) is 12.9. The first-order valence-electron chi connectivity index (χ1n) is 46.5. The second-order valence-corrected chi connectivity index (χ2v) is 36.1. The van der Waals surface area contributed by atoms with Crippen molar-refractivity contribution in [2.75, 3.05) is 0 Å². The summed E-state index contributed by atoms with van der Waals surface area (Å²) >= 11 is 0. The number of hydrogen-bond donors (Lipinski definition) is 0. The van der Waals surface area contributed by atoms with Crippen LogP contribution in [0.15, 0.2) is 510 Å². The van der Waals surface area contributed by atoms with Gasteiger partial charge in [0.25, 0.3) is 0 Å². The number of nitrogens with zero attached hydrogens (tertiary/aromatic N) is 4. The molecule has 0 saturated heterocycles. The Morgan fingerprint density at radius 3 is 0.799 bits per heavy atom. The minimum atomic E-state index is -0.506. The SMILES string of the molecule is c1ccc(-c2ccc(-n3c4ccc(-c5ccc6c(c5)c5ccccc5n6-c5ccc6ccccc6c5)cc4c4cc5c(cc43)-c3ccccc3C5(c3ccccc3)c3ccccc3)cc2)cc1.c1ccc(-c2ccc(-n3c4ccc(-c5ccc6c(c5)c5ccccc5n6-c5ccc6ccccc6c5)cc4c4cc5c(cc43)C(c3ccccc3)(c3ccccc3)c3ccccc3-5)cc2)cc1. The van der Waals surface area contributed by atoms with Crippen molar-refractivity contribution in [2.24, 2.45) is 0 Å². The molecule has 0 saturated carbocycles. The molecule has 0 N–H and O–H groups in total. The van der Waals surface area contributed by atoms with Gasteiger partial charge >= 0.3 is 0 Å². The second kappa shape index (κ2) is 30.6. The van der Waals surface area contributed by atoms with E-state index in [4.69, 9.17) is 0 Å². The Morgan fingerprint density at radius 1 is 0.127 bits per heavy atom. The summed E-state index contributed by atoms with van der Waals surface area (Å²) in [4.78, 5) is 0. The molecule has 4 aromatic heterocycles. The molecule has 4 heteroatoms. The molecular weight excluding hydrogens is 1620 g/mol. The summed E-state index contributed by atoms with van der Waals surface area (Å²) in [5, 5.41) is 14.9.